The van der Waals surface area contributed by atoms with Gasteiger partial charge in [0.05, 0.1) is 0 Å². The molecule has 2 bridgehead atoms. The molecule has 0 amide bonds. The van der Waals surface area contributed by atoms with Gasteiger partial charge in [0, 0.05) is 6.04 Å². The van der Waals surface area contributed by atoms with Gasteiger partial charge in [-0.05, 0) is 37.5 Å². The Labute approximate surface area is 67.2 Å². The van der Waals surface area contributed by atoms with E-state index in [1.54, 1.807) is 0 Å². The van der Waals surface area contributed by atoms with E-state index in [0.717, 1.165) is 25.7 Å². The van der Waals surface area contributed by atoms with Crippen molar-refractivity contribution in [2.24, 2.45) is 17.6 Å². The summed E-state index contributed by atoms with van der Waals surface area (Å²) in [6, 6.07) is 0.289. The summed E-state index contributed by atoms with van der Waals surface area (Å²) in [6.07, 6.45) is 4.71. The summed E-state index contributed by atoms with van der Waals surface area (Å²) in [5, 5.41) is 0. The van der Waals surface area contributed by atoms with E-state index in [0.29, 0.717) is 11.8 Å². The van der Waals surface area contributed by atoms with Gasteiger partial charge in [-0.15, -0.1) is 0 Å². The molecule has 2 N–H and O–H groups in total. The molecule has 0 aromatic carbocycles. The van der Waals surface area contributed by atoms with Gasteiger partial charge in [0.25, 0.3) is 0 Å². The highest BCUT2D eigenvalue weighted by molar-refractivity contribution is 4.91. The van der Waals surface area contributed by atoms with Gasteiger partial charge in [0.2, 0.25) is 0 Å². The van der Waals surface area contributed by atoms with E-state index in [2.05, 4.69) is 0 Å². The highest BCUT2D eigenvalue weighted by atomic mass is 19.1. The Morgan fingerprint density at radius 2 is 1.64 bits per heavy atom. The van der Waals surface area contributed by atoms with Crippen LogP contribution < -0.4 is 5.73 Å². The first-order valence-electron chi connectivity index (χ1n) is 4.67. The largest absolute Gasteiger partial charge is 0.328 e. The third kappa shape index (κ3) is 1.28. The van der Waals surface area contributed by atoms with E-state index < -0.39 is 6.17 Å². The average molecular weight is 157 g/mol. The Kier molecular flexibility index (Phi) is 1.88. The van der Waals surface area contributed by atoms with E-state index >= 15 is 0 Å². The Morgan fingerprint density at radius 3 is 2.18 bits per heavy atom. The number of alkyl halides is 1. The van der Waals surface area contributed by atoms with E-state index in [1.165, 1.54) is 6.42 Å². The van der Waals surface area contributed by atoms with Crippen molar-refractivity contribution in [1.82, 2.24) is 0 Å². The van der Waals surface area contributed by atoms with Crippen LogP contribution in [-0.4, -0.2) is 12.2 Å². The van der Waals surface area contributed by atoms with Gasteiger partial charge in [-0.1, -0.05) is 6.42 Å². The van der Waals surface area contributed by atoms with Gasteiger partial charge < -0.3 is 5.73 Å². The molecule has 1 nitrogen and oxygen atoms in total. The number of nitrogens with two attached hydrogens (primary N) is 1. The lowest BCUT2D eigenvalue weighted by atomic mass is 9.69. The van der Waals surface area contributed by atoms with Crippen LogP contribution in [0.25, 0.3) is 0 Å². The van der Waals surface area contributed by atoms with Gasteiger partial charge >= 0.3 is 0 Å². The van der Waals surface area contributed by atoms with E-state index in [4.69, 9.17) is 5.73 Å². The molecule has 2 aliphatic carbocycles. The van der Waals surface area contributed by atoms with Crippen molar-refractivity contribution < 1.29 is 4.39 Å². The van der Waals surface area contributed by atoms with Gasteiger partial charge in [0.15, 0.2) is 0 Å². The number of hydrogen-bond acceptors (Lipinski definition) is 1. The first-order chi connectivity index (χ1) is 5.27. The molecular weight excluding hydrogens is 141 g/mol. The molecule has 2 atom stereocenters. The molecule has 11 heavy (non-hydrogen) atoms. The number of rotatable bonds is 0. The third-order valence-corrected chi connectivity index (χ3v) is 3.26. The maximum absolute atomic E-state index is 13.4. The highest BCUT2D eigenvalue weighted by Crippen LogP contribution is 2.41. The first-order valence-corrected chi connectivity index (χ1v) is 4.67. The van der Waals surface area contributed by atoms with Crippen LogP contribution in [-0.2, 0) is 0 Å². The lowest BCUT2D eigenvalue weighted by molar-refractivity contribution is 0.0445. The monoisotopic (exact) mass is 157 g/mol. The number of hydrogen-bond donors (Lipinski definition) is 1. The van der Waals surface area contributed by atoms with Crippen LogP contribution in [0.4, 0.5) is 4.39 Å². The smallest absolute Gasteiger partial charge is 0.106 e. The Bertz CT molecular complexity index is 134. The molecule has 0 spiro atoms. The van der Waals surface area contributed by atoms with E-state index in [9.17, 15) is 4.39 Å². The zero-order valence-corrected chi connectivity index (χ0v) is 6.80. The Morgan fingerprint density at radius 1 is 1.09 bits per heavy atom. The average Bonchev–Trinajstić information content (AvgIpc) is 1.92. The molecule has 2 rings (SSSR count). The summed E-state index contributed by atoms with van der Waals surface area (Å²) < 4.78 is 13.4. The summed E-state index contributed by atoms with van der Waals surface area (Å²) in [5.41, 5.74) is 5.82. The van der Waals surface area contributed by atoms with Crippen LogP contribution in [0.5, 0.6) is 0 Å². The van der Waals surface area contributed by atoms with Crippen LogP contribution in [0.3, 0.4) is 0 Å². The fourth-order valence-electron chi connectivity index (χ4n) is 2.72. The molecule has 0 heterocycles. The van der Waals surface area contributed by atoms with Crippen molar-refractivity contribution >= 4 is 0 Å². The second-order valence-electron chi connectivity index (χ2n) is 4.13. The number of halogens is 1. The second-order valence-corrected chi connectivity index (χ2v) is 4.13. The predicted molar refractivity (Wildman–Crippen MR) is 42.9 cm³/mol. The minimum absolute atomic E-state index is 0.289. The van der Waals surface area contributed by atoms with Crippen molar-refractivity contribution in [2.75, 3.05) is 0 Å². The molecule has 0 saturated heterocycles. The maximum atomic E-state index is 13.4. The Hall–Kier alpha value is -0.110. The molecule has 0 radical (unpaired) electrons. The lowest BCUT2D eigenvalue weighted by Crippen LogP contribution is -2.43. The van der Waals surface area contributed by atoms with Crippen LogP contribution in [0, 0.1) is 11.8 Å². The van der Waals surface area contributed by atoms with E-state index in [1.807, 2.05) is 0 Å². The van der Waals surface area contributed by atoms with Crippen molar-refractivity contribution in [3.05, 3.63) is 0 Å². The zero-order chi connectivity index (χ0) is 7.84. The van der Waals surface area contributed by atoms with Crippen LogP contribution in [0.1, 0.15) is 32.1 Å². The molecule has 2 saturated carbocycles. The minimum Gasteiger partial charge on any atom is -0.328 e. The summed E-state index contributed by atoms with van der Waals surface area (Å²) in [5.74, 6) is 0.606. The molecule has 64 valence electrons. The van der Waals surface area contributed by atoms with Gasteiger partial charge in [-0.2, -0.15) is 0 Å². The molecule has 0 aromatic rings. The molecule has 2 fully saturated rings. The quantitative estimate of drug-likeness (QED) is 0.570. The van der Waals surface area contributed by atoms with E-state index in [-0.39, 0.29) is 6.04 Å². The molecule has 0 aliphatic heterocycles. The van der Waals surface area contributed by atoms with Crippen molar-refractivity contribution in [2.45, 2.75) is 44.3 Å². The summed E-state index contributed by atoms with van der Waals surface area (Å²) in [7, 11) is 0. The molecule has 0 unspecified atom stereocenters. The third-order valence-electron chi connectivity index (χ3n) is 3.26. The van der Waals surface area contributed by atoms with Gasteiger partial charge in [0.1, 0.15) is 6.17 Å². The fourth-order valence-corrected chi connectivity index (χ4v) is 2.72. The molecular formula is C9H16FN. The van der Waals surface area contributed by atoms with Crippen LogP contribution in [0.2, 0.25) is 0 Å². The Balaban J connectivity index is 2.07. The SMILES string of the molecule is NC1C[C@@H]2CCC[C@@H](C1)C2F. The normalized spacial score (nSPS) is 50.7. The second kappa shape index (κ2) is 2.74. The predicted octanol–water partition coefficient (Wildman–Crippen LogP) is 1.86. The molecule has 0 aromatic heterocycles. The van der Waals surface area contributed by atoms with Crippen molar-refractivity contribution in [3.8, 4) is 0 Å². The van der Waals surface area contributed by atoms with Gasteiger partial charge in [-0.3, -0.25) is 0 Å². The summed E-state index contributed by atoms with van der Waals surface area (Å²) >= 11 is 0. The standard InChI is InChI=1S/C9H16FN/c10-9-6-2-1-3-7(9)5-8(11)4-6/h6-9H,1-5,11H2/t6-,7-,8?,9?/m0/s1. The minimum atomic E-state index is -0.524. The van der Waals surface area contributed by atoms with Crippen molar-refractivity contribution in [1.29, 1.82) is 0 Å². The molecule has 2 heteroatoms. The topological polar surface area (TPSA) is 26.0 Å². The highest BCUT2D eigenvalue weighted by Gasteiger charge is 2.39. The summed E-state index contributed by atoms with van der Waals surface area (Å²) in [6.45, 7) is 0. The summed E-state index contributed by atoms with van der Waals surface area (Å²) in [4.78, 5) is 0. The molecule has 2 aliphatic rings. The fraction of sp³-hybridized carbons (Fsp3) is 1.00. The van der Waals surface area contributed by atoms with Crippen LogP contribution in [0.15, 0.2) is 0 Å². The van der Waals surface area contributed by atoms with Crippen LogP contribution >= 0.6 is 0 Å². The maximum Gasteiger partial charge on any atom is 0.106 e. The zero-order valence-electron chi connectivity index (χ0n) is 6.80. The number of fused-ring (bicyclic) bond motifs is 2. The first kappa shape index (κ1) is 7.53. The van der Waals surface area contributed by atoms with Gasteiger partial charge in [-0.25, -0.2) is 4.39 Å². The lowest BCUT2D eigenvalue weighted by Gasteiger charge is -2.40. The van der Waals surface area contributed by atoms with Crippen molar-refractivity contribution in [3.63, 3.8) is 0 Å².